The number of aryl methyl sites for hydroxylation is 2. The number of thiazole rings is 1. The lowest BCUT2D eigenvalue weighted by atomic mass is 10.4. The molecule has 2 heterocycles. The second-order valence-electron chi connectivity index (χ2n) is 3.62. The molecular formula is C10H13ClN4OS. The third-order valence-electron chi connectivity index (χ3n) is 2.12. The third kappa shape index (κ3) is 3.17. The molecule has 0 bridgehead atoms. The Morgan fingerprint density at radius 2 is 2.35 bits per heavy atom. The Morgan fingerprint density at radius 3 is 3.00 bits per heavy atom. The Labute approximate surface area is 108 Å². The molecule has 7 heteroatoms. The van der Waals surface area contributed by atoms with Crippen LogP contribution in [0.2, 0.25) is 0 Å². The fraction of sp³-hybridized carbons (Fsp3) is 0.500. The van der Waals surface area contributed by atoms with Crippen molar-refractivity contribution in [3.8, 4) is 0 Å². The van der Waals surface area contributed by atoms with Crippen molar-refractivity contribution in [2.75, 3.05) is 11.2 Å². The van der Waals surface area contributed by atoms with Gasteiger partial charge < -0.3 is 9.73 Å². The highest BCUT2D eigenvalue weighted by molar-refractivity contribution is 7.11. The van der Waals surface area contributed by atoms with Gasteiger partial charge in [0.15, 0.2) is 0 Å². The minimum atomic E-state index is 0.0537. The zero-order valence-corrected chi connectivity index (χ0v) is 11.2. The Morgan fingerprint density at radius 1 is 1.53 bits per heavy atom. The average Bonchev–Trinajstić information content (AvgIpc) is 2.88. The molecule has 2 aromatic heterocycles. The zero-order valence-electron chi connectivity index (χ0n) is 9.61. The lowest BCUT2D eigenvalue weighted by Gasteiger charge is -2.07. The van der Waals surface area contributed by atoms with Gasteiger partial charge in [0.25, 0.3) is 0 Å². The Hall–Kier alpha value is -1.14. The molecule has 1 atom stereocenters. The van der Waals surface area contributed by atoms with Gasteiger partial charge in [0.1, 0.15) is 5.01 Å². The van der Waals surface area contributed by atoms with E-state index in [2.05, 4.69) is 20.5 Å². The second kappa shape index (κ2) is 5.46. The molecule has 2 rings (SSSR count). The van der Waals surface area contributed by atoms with Crippen molar-refractivity contribution in [1.29, 1.82) is 0 Å². The van der Waals surface area contributed by atoms with Crippen molar-refractivity contribution in [3.05, 3.63) is 22.0 Å². The second-order valence-corrected chi connectivity index (χ2v) is 5.26. The van der Waals surface area contributed by atoms with E-state index < -0.39 is 0 Å². The maximum Gasteiger partial charge on any atom is 0.316 e. The van der Waals surface area contributed by atoms with Gasteiger partial charge in [0.2, 0.25) is 5.89 Å². The van der Waals surface area contributed by atoms with Gasteiger partial charge in [-0.05, 0) is 13.8 Å². The van der Waals surface area contributed by atoms with E-state index in [1.807, 2.05) is 20.0 Å². The van der Waals surface area contributed by atoms with Gasteiger partial charge in [0.05, 0.1) is 6.04 Å². The van der Waals surface area contributed by atoms with E-state index in [0.717, 1.165) is 5.01 Å². The van der Waals surface area contributed by atoms with Gasteiger partial charge in [-0.15, -0.1) is 28.0 Å². The van der Waals surface area contributed by atoms with Gasteiger partial charge in [-0.1, -0.05) is 5.10 Å². The van der Waals surface area contributed by atoms with Gasteiger partial charge in [-0.3, -0.25) is 0 Å². The predicted molar refractivity (Wildman–Crippen MR) is 67.6 cm³/mol. The summed E-state index contributed by atoms with van der Waals surface area (Å²) in [5, 5.41) is 11.9. The van der Waals surface area contributed by atoms with Crippen LogP contribution in [0.4, 0.5) is 6.01 Å². The fourth-order valence-electron chi connectivity index (χ4n) is 1.31. The third-order valence-corrected chi connectivity index (χ3v) is 3.41. The number of nitrogens with zero attached hydrogens (tertiary/aromatic N) is 3. The summed E-state index contributed by atoms with van der Waals surface area (Å²) < 4.78 is 5.38. The molecule has 2 aromatic rings. The quantitative estimate of drug-likeness (QED) is 0.848. The summed E-state index contributed by atoms with van der Waals surface area (Å²) in [6, 6.07) is 0.462. The van der Waals surface area contributed by atoms with Crippen LogP contribution in [0.1, 0.15) is 28.7 Å². The Kier molecular flexibility index (Phi) is 3.96. The molecule has 17 heavy (non-hydrogen) atoms. The maximum absolute atomic E-state index is 5.59. The molecule has 0 aliphatic carbocycles. The number of anilines is 1. The molecule has 1 N–H and O–H groups in total. The molecule has 0 aromatic carbocycles. The summed E-state index contributed by atoms with van der Waals surface area (Å²) in [5.74, 6) is 1.02. The Balaban J connectivity index is 1.99. The van der Waals surface area contributed by atoms with Crippen LogP contribution in [-0.4, -0.2) is 21.1 Å². The SMILES string of the molecule is Cc1cnc(C(C)Nc2nnc(CCCl)o2)s1. The van der Waals surface area contributed by atoms with E-state index in [4.69, 9.17) is 16.0 Å². The first-order valence-electron chi connectivity index (χ1n) is 5.26. The molecule has 0 spiro atoms. The lowest BCUT2D eigenvalue weighted by Crippen LogP contribution is -2.06. The van der Waals surface area contributed by atoms with E-state index in [1.165, 1.54) is 4.88 Å². The van der Waals surface area contributed by atoms with Crippen molar-refractivity contribution in [2.45, 2.75) is 26.3 Å². The number of alkyl halides is 1. The monoisotopic (exact) mass is 272 g/mol. The minimum absolute atomic E-state index is 0.0537. The molecule has 5 nitrogen and oxygen atoms in total. The van der Waals surface area contributed by atoms with Gasteiger partial charge in [0, 0.05) is 23.4 Å². The summed E-state index contributed by atoms with van der Waals surface area (Å²) in [5.41, 5.74) is 0. The average molecular weight is 273 g/mol. The molecule has 0 amide bonds. The van der Waals surface area contributed by atoms with Crippen LogP contribution in [-0.2, 0) is 6.42 Å². The first kappa shape index (κ1) is 12.3. The van der Waals surface area contributed by atoms with Crippen LogP contribution < -0.4 is 5.32 Å². The number of aromatic nitrogens is 3. The summed E-state index contributed by atoms with van der Waals surface area (Å²) in [6.45, 7) is 4.03. The van der Waals surface area contributed by atoms with E-state index >= 15 is 0 Å². The number of hydrogen-bond acceptors (Lipinski definition) is 6. The standard InChI is InChI=1S/C10H13ClN4OS/c1-6-5-12-9(17-6)7(2)13-10-15-14-8(16-10)3-4-11/h5,7H,3-4H2,1-2H3,(H,13,15). The highest BCUT2D eigenvalue weighted by Gasteiger charge is 2.13. The van der Waals surface area contributed by atoms with E-state index in [1.54, 1.807) is 11.3 Å². The van der Waals surface area contributed by atoms with Crippen molar-refractivity contribution in [3.63, 3.8) is 0 Å². The summed E-state index contributed by atoms with van der Waals surface area (Å²) in [4.78, 5) is 5.48. The lowest BCUT2D eigenvalue weighted by molar-refractivity contribution is 0.508. The van der Waals surface area contributed by atoms with Crippen LogP contribution in [0.3, 0.4) is 0 Å². The van der Waals surface area contributed by atoms with Crippen LogP contribution in [0.5, 0.6) is 0 Å². The van der Waals surface area contributed by atoms with Crippen molar-refractivity contribution >= 4 is 29.0 Å². The van der Waals surface area contributed by atoms with Crippen molar-refractivity contribution in [1.82, 2.24) is 15.2 Å². The summed E-state index contributed by atoms with van der Waals surface area (Å²) >= 11 is 7.24. The molecule has 92 valence electrons. The highest BCUT2D eigenvalue weighted by Crippen LogP contribution is 2.22. The van der Waals surface area contributed by atoms with E-state index in [9.17, 15) is 0 Å². The Bertz CT molecular complexity index is 484. The van der Waals surface area contributed by atoms with Crippen LogP contribution in [0.15, 0.2) is 10.6 Å². The normalized spacial score (nSPS) is 12.6. The number of rotatable bonds is 5. The molecule has 0 saturated carbocycles. The van der Waals surface area contributed by atoms with Crippen LogP contribution >= 0.6 is 22.9 Å². The molecule has 0 radical (unpaired) electrons. The number of halogens is 1. The molecular weight excluding hydrogens is 260 g/mol. The predicted octanol–water partition coefficient (Wildman–Crippen LogP) is 2.79. The van der Waals surface area contributed by atoms with E-state index in [0.29, 0.717) is 24.2 Å². The summed E-state index contributed by atoms with van der Waals surface area (Å²) in [7, 11) is 0. The topological polar surface area (TPSA) is 63.8 Å². The largest absolute Gasteiger partial charge is 0.408 e. The molecule has 0 fully saturated rings. The molecule has 1 unspecified atom stereocenters. The first-order chi connectivity index (χ1) is 8.19. The van der Waals surface area contributed by atoms with E-state index in [-0.39, 0.29) is 6.04 Å². The van der Waals surface area contributed by atoms with Gasteiger partial charge >= 0.3 is 6.01 Å². The highest BCUT2D eigenvalue weighted by atomic mass is 35.5. The smallest absolute Gasteiger partial charge is 0.316 e. The maximum atomic E-state index is 5.59. The van der Waals surface area contributed by atoms with Gasteiger partial charge in [-0.25, -0.2) is 4.98 Å². The number of nitrogens with one attached hydrogen (secondary N) is 1. The first-order valence-corrected chi connectivity index (χ1v) is 6.61. The fourth-order valence-corrected chi connectivity index (χ4v) is 2.25. The van der Waals surface area contributed by atoms with Crippen molar-refractivity contribution in [2.24, 2.45) is 0 Å². The summed E-state index contributed by atoms with van der Waals surface area (Å²) in [6.07, 6.45) is 2.44. The minimum Gasteiger partial charge on any atom is -0.408 e. The van der Waals surface area contributed by atoms with Crippen LogP contribution in [0, 0.1) is 6.92 Å². The van der Waals surface area contributed by atoms with Crippen molar-refractivity contribution < 1.29 is 4.42 Å². The van der Waals surface area contributed by atoms with Gasteiger partial charge in [-0.2, -0.15) is 0 Å². The number of hydrogen-bond donors (Lipinski definition) is 1. The molecule has 0 aliphatic rings. The zero-order chi connectivity index (χ0) is 12.3. The molecule has 0 aliphatic heterocycles. The molecule has 0 saturated heterocycles. The van der Waals surface area contributed by atoms with Crippen LogP contribution in [0.25, 0.3) is 0 Å².